The number of furan rings is 2. The molecule has 4 heteroatoms. The van der Waals surface area contributed by atoms with Crippen LogP contribution < -0.4 is 0 Å². The molecule has 0 N–H and O–H groups in total. The standard InChI is InChI=1S/C43H24N2O2/c44-25-29-22-28(30-14-8-15-34-33-13-5-7-19-40(33)46-42(30)34)23-36-35-16-9-18-38(43(35)47-41(29)36)45-37-17-6-4-12-31(37)32-21-20-27(24-39(32)45)26-10-2-1-3-11-26/h1-24H. The SMILES string of the molecule is N#Cc1cc(-c2cccc3c2oc2ccccc23)cc2c1oc1c(-n3c4ccccc4c4ccc(-c5ccccc5)cc43)cccc12. The summed E-state index contributed by atoms with van der Waals surface area (Å²) in [5.74, 6) is 0. The lowest BCUT2D eigenvalue weighted by Gasteiger charge is -2.09. The first-order chi connectivity index (χ1) is 23.3. The Kier molecular flexibility index (Phi) is 5.32. The van der Waals surface area contributed by atoms with Gasteiger partial charge >= 0.3 is 0 Å². The number of hydrogen-bond acceptors (Lipinski definition) is 3. The van der Waals surface area contributed by atoms with Crippen LogP contribution in [-0.2, 0) is 0 Å². The lowest BCUT2D eigenvalue weighted by Crippen LogP contribution is -1.94. The van der Waals surface area contributed by atoms with Crippen molar-refractivity contribution in [1.29, 1.82) is 5.26 Å². The smallest absolute Gasteiger partial charge is 0.159 e. The average molecular weight is 601 g/mol. The fourth-order valence-corrected chi connectivity index (χ4v) is 7.31. The summed E-state index contributed by atoms with van der Waals surface area (Å²) in [6.45, 7) is 0. The van der Waals surface area contributed by atoms with E-state index in [4.69, 9.17) is 8.83 Å². The van der Waals surface area contributed by atoms with Gasteiger partial charge in [-0.1, -0.05) is 109 Å². The summed E-state index contributed by atoms with van der Waals surface area (Å²) in [7, 11) is 0. The average Bonchev–Trinajstić information content (AvgIpc) is 3.81. The van der Waals surface area contributed by atoms with Crippen LogP contribution in [0.3, 0.4) is 0 Å². The van der Waals surface area contributed by atoms with E-state index >= 15 is 0 Å². The number of hydrogen-bond donors (Lipinski definition) is 0. The highest BCUT2D eigenvalue weighted by molar-refractivity contribution is 6.15. The zero-order valence-electron chi connectivity index (χ0n) is 25.1. The fourth-order valence-electron chi connectivity index (χ4n) is 7.31. The van der Waals surface area contributed by atoms with E-state index in [1.54, 1.807) is 0 Å². The van der Waals surface area contributed by atoms with Crippen LogP contribution >= 0.6 is 0 Å². The lowest BCUT2D eigenvalue weighted by atomic mass is 9.98. The molecule has 7 aromatic carbocycles. The molecule has 0 unspecified atom stereocenters. The molecule has 0 aliphatic heterocycles. The Morgan fingerprint density at radius 1 is 0.447 bits per heavy atom. The molecule has 0 fully saturated rings. The maximum atomic E-state index is 10.4. The van der Waals surface area contributed by atoms with E-state index in [-0.39, 0.29) is 0 Å². The molecule has 47 heavy (non-hydrogen) atoms. The van der Waals surface area contributed by atoms with Crippen molar-refractivity contribution in [3.63, 3.8) is 0 Å². The Balaban J connectivity index is 1.25. The van der Waals surface area contributed by atoms with Gasteiger partial charge in [0.1, 0.15) is 17.2 Å². The molecule has 0 atom stereocenters. The summed E-state index contributed by atoms with van der Waals surface area (Å²) in [6.07, 6.45) is 0. The summed E-state index contributed by atoms with van der Waals surface area (Å²) in [6, 6.07) is 52.6. The second-order valence-electron chi connectivity index (χ2n) is 12.0. The second-order valence-corrected chi connectivity index (χ2v) is 12.0. The predicted molar refractivity (Wildman–Crippen MR) is 191 cm³/mol. The van der Waals surface area contributed by atoms with Crippen molar-refractivity contribution in [3.8, 4) is 34.0 Å². The largest absolute Gasteiger partial charge is 0.455 e. The maximum Gasteiger partial charge on any atom is 0.159 e. The number of nitriles is 1. The van der Waals surface area contributed by atoms with Crippen molar-refractivity contribution in [3.05, 3.63) is 151 Å². The van der Waals surface area contributed by atoms with Crippen LogP contribution in [0.4, 0.5) is 0 Å². The first-order valence-corrected chi connectivity index (χ1v) is 15.7. The van der Waals surface area contributed by atoms with Crippen LogP contribution in [0.15, 0.2) is 154 Å². The van der Waals surface area contributed by atoms with Crippen LogP contribution in [0.25, 0.3) is 93.6 Å². The molecule has 3 heterocycles. The fraction of sp³-hybridized carbons (Fsp3) is 0. The summed E-state index contributed by atoms with van der Waals surface area (Å²) >= 11 is 0. The highest BCUT2D eigenvalue weighted by atomic mass is 16.3. The molecule has 4 nitrogen and oxygen atoms in total. The number of rotatable bonds is 3. The predicted octanol–water partition coefficient (Wildman–Crippen LogP) is 11.8. The summed E-state index contributed by atoms with van der Waals surface area (Å²) in [5.41, 5.74) is 10.8. The molecule has 0 bridgehead atoms. The molecule has 0 saturated carbocycles. The number of nitrogens with zero attached hydrogens (tertiary/aromatic N) is 2. The molecule has 10 rings (SSSR count). The van der Waals surface area contributed by atoms with Gasteiger partial charge in [-0.05, 0) is 53.1 Å². The molecule has 218 valence electrons. The van der Waals surface area contributed by atoms with Crippen molar-refractivity contribution < 1.29 is 8.83 Å². The van der Waals surface area contributed by atoms with Crippen molar-refractivity contribution in [2.75, 3.05) is 0 Å². The Bertz CT molecular complexity index is 2920. The van der Waals surface area contributed by atoms with Crippen LogP contribution in [0.1, 0.15) is 5.56 Å². The minimum absolute atomic E-state index is 0.487. The van der Waals surface area contributed by atoms with E-state index < -0.39 is 0 Å². The third kappa shape index (κ3) is 3.69. The third-order valence-electron chi connectivity index (χ3n) is 9.44. The topological polar surface area (TPSA) is 55.0 Å². The van der Waals surface area contributed by atoms with Gasteiger partial charge < -0.3 is 13.4 Å². The zero-order valence-corrected chi connectivity index (χ0v) is 25.1. The van der Waals surface area contributed by atoms with Gasteiger partial charge in [-0.15, -0.1) is 0 Å². The van der Waals surface area contributed by atoms with Gasteiger partial charge in [0.05, 0.1) is 22.3 Å². The molecule has 0 amide bonds. The highest BCUT2D eigenvalue weighted by Gasteiger charge is 2.21. The monoisotopic (exact) mass is 600 g/mol. The lowest BCUT2D eigenvalue weighted by molar-refractivity contribution is 0.665. The van der Waals surface area contributed by atoms with E-state index in [2.05, 4.69) is 120 Å². The van der Waals surface area contributed by atoms with Gasteiger partial charge in [-0.25, -0.2) is 0 Å². The molecule has 0 spiro atoms. The molecular formula is C43H24N2O2. The summed E-state index contributed by atoms with van der Waals surface area (Å²) < 4.78 is 15.4. The van der Waals surface area contributed by atoms with E-state index in [0.29, 0.717) is 11.1 Å². The normalized spacial score (nSPS) is 11.8. The number of benzene rings is 7. The Morgan fingerprint density at radius 3 is 2.04 bits per heavy atom. The van der Waals surface area contributed by atoms with Crippen molar-refractivity contribution in [1.82, 2.24) is 4.57 Å². The van der Waals surface area contributed by atoms with Gasteiger partial charge in [0, 0.05) is 37.9 Å². The Morgan fingerprint density at radius 2 is 1.17 bits per heavy atom. The quantitative estimate of drug-likeness (QED) is 0.203. The van der Waals surface area contributed by atoms with Crippen LogP contribution in [-0.4, -0.2) is 4.57 Å². The summed E-state index contributed by atoms with van der Waals surface area (Å²) in [5, 5.41) is 16.7. The highest BCUT2D eigenvalue weighted by Crippen LogP contribution is 2.42. The van der Waals surface area contributed by atoms with E-state index in [0.717, 1.165) is 71.7 Å². The van der Waals surface area contributed by atoms with E-state index in [9.17, 15) is 5.26 Å². The van der Waals surface area contributed by atoms with E-state index in [1.165, 1.54) is 16.3 Å². The van der Waals surface area contributed by atoms with Crippen molar-refractivity contribution in [2.45, 2.75) is 0 Å². The number of para-hydroxylation sites is 4. The van der Waals surface area contributed by atoms with E-state index in [1.807, 2.05) is 36.4 Å². The molecule has 0 aliphatic rings. The van der Waals surface area contributed by atoms with Crippen molar-refractivity contribution >= 4 is 65.7 Å². The molecule has 3 aromatic heterocycles. The maximum absolute atomic E-state index is 10.4. The molecule has 10 aromatic rings. The third-order valence-corrected chi connectivity index (χ3v) is 9.44. The summed E-state index contributed by atoms with van der Waals surface area (Å²) in [4.78, 5) is 0. The van der Waals surface area contributed by atoms with Gasteiger partial charge in [0.25, 0.3) is 0 Å². The molecular weight excluding hydrogens is 576 g/mol. The molecule has 0 radical (unpaired) electrons. The van der Waals surface area contributed by atoms with Crippen LogP contribution in [0.5, 0.6) is 0 Å². The zero-order chi connectivity index (χ0) is 31.1. The Labute approximate surface area is 268 Å². The van der Waals surface area contributed by atoms with Gasteiger partial charge in [-0.3, -0.25) is 0 Å². The van der Waals surface area contributed by atoms with Gasteiger partial charge in [0.2, 0.25) is 0 Å². The molecule has 0 aliphatic carbocycles. The number of aromatic nitrogens is 1. The first kappa shape index (κ1) is 25.7. The van der Waals surface area contributed by atoms with Crippen LogP contribution in [0, 0.1) is 11.3 Å². The van der Waals surface area contributed by atoms with Gasteiger partial charge in [0.15, 0.2) is 11.2 Å². The van der Waals surface area contributed by atoms with Crippen molar-refractivity contribution in [2.24, 2.45) is 0 Å². The minimum Gasteiger partial charge on any atom is -0.455 e. The molecule has 0 saturated heterocycles. The Hall–Kier alpha value is -6.57. The van der Waals surface area contributed by atoms with Gasteiger partial charge in [-0.2, -0.15) is 5.26 Å². The number of fused-ring (bicyclic) bond motifs is 9. The minimum atomic E-state index is 0.487. The van der Waals surface area contributed by atoms with Crippen LogP contribution in [0.2, 0.25) is 0 Å². The first-order valence-electron chi connectivity index (χ1n) is 15.7. The second kappa shape index (κ2) is 9.71.